The highest BCUT2D eigenvalue weighted by Crippen LogP contribution is 2.18. The fourth-order valence-corrected chi connectivity index (χ4v) is 1.41. The maximum atomic E-state index is 8.61. The third-order valence-electron chi connectivity index (χ3n) is 2.17. The Balaban J connectivity index is 2.13. The number of nitrogens with zero attached hydrogens (tertiary/aromatic N) is 1. The molecule has 3 nitrogen and oxygen atoms in total. The van der Waals surface area contributed by atoms with Gasteiger partial charge in [-0.3, -0.25) is 4.98 Å². The van der Waals surface area contributed by atoms with Crippen LogP contribution in [0.15, 0.2) is 48.7 Å². The number of aliphatic hydroxyl groups is 1. The Hall–Kier alpha value is -1.87. The zero-order valence-corrected chi connectivity index (χ0v) is 8.84. The number of aromatic nitrogens is 1. The summed E-state index contributed by atoms with van der Waals surface area (Å²) in [6.45, 7) is 0.312. The molecule has 0 atom stereocenters. The molecule has 0 radical (unpaired) electrons. The van der Waals surface area contributed by atoms with E-state index in [1.54, 1.807) is 6.20 Å². The smallest absolute Gasteiger partial charge is 0.137 e. The van der Waals surface area contributed by atoms with Gasteiger partial charge < -0.3 is 9.84 Å². The number of aliphatic hydroxyl groups excluding tert-OH is 1. The lowest BCUT2D eigenvalue weighted by Gasteiger charge is -2.04. The number of hydrogen-bond donors (Lipinski definition) is 1. The van der Waals surface area contributed by atoms with E-state index in [2.05, 4.69) is 4.98 Å². The fourth-order valence-electron chi connectivity index (χ4n) is 1.41. The van der Waals surface area contributed by atoms with E-state index >= 15 is 0 Å². The van der Waals surface area contributed by atoms with Gasteiger partial charge in [-0.25, -0.2) is 0 Å². The Kier molecular flexibility index (Phi) is 3.51. The first kappa shape index (κ1) is 10.6. The van der Waals surface area contributed by atoms with Crippen LogP contribution in [-0.2, 0) is 0 Å². The van der Waals surface area contributed by atoms with Crippen molar-refractivity contribution in [3.05, 3.63) is 48.7 Å². The Morgan fingerprint density at radius 3 is 2.50 bits per heavy atom. The average molecular weight is 215 g/mol. The lowest BCUT2D eigenvalue weighted by atomic mass is 10.1. The fraction of sp³-hybridized carbons (Fsp3) is 0.154. The van der Waals surface area contributed by atoms with Crippen molar-refractivity contribution in [3.8, 4) is 17.0 Å². The maximum absolute atomic E-state index is 8.61. The lowest BCUT2D eigenvalue weighted by Crippen LogP contribution is -2.01. The normalized spacial score (nSPS) is 10.1. The van der Waals surface area contributed by atoms with E-state index in [4.69, 9.17) is 9.84 Å². The van der Waals surface area contributed by atoms with E-state index in [9.17, 15) is 0 Å². The van der Waals surface area contributed by atoms with Gasteiger partial charge in [0.05, 0.1) is 18.5 Å². The highest BCUT2D eigenvalue weighted by Gasteiger charge is 1.98. The van der Waals surface area contributed by atoms with Gasteiger partial charge in [-0.1, -0.05) is 30.3 Å². The van der Waals surface area contributed by atoms with Gasteiger partial charge in [0.15, 0.2) is 0 Å². The van der Waals surface area contributed by atoms with Gasteiger partial charge in [0.2, 0.25) is 0 Å². The molecule has 0 amide bonds. The molecule has 3 heteroatoms. The van der Waals surface area contributed by atoms with Gasteiger partial charge >= 0.3 is 0 Å². The highest BCUT2D eigenvalue weighted by atomic mass is 16.5. The minimum absolute atomic E-state index is 0.0143. The molecule has 1 aromatic heterocycles. The van der Waals surface area contributed by atoms with Crippen LogP contribution >= 0.6 is 0 Å². The Morgan fingerprint density at radius 2 is 1.88 bits per heavy atom. The second kappa shape index (κ2) is 5.28. The van der Waals surface area contributed by atoms with Gasteiger partial charge in [-0.05, 0) is 12.1 Å². The van der Waals surface area contributed by atoms with Crippen molar-refractivity contribution in [3.63, 3.8) is 0 Å². The number of hydrogen-bond acceptors (Lipinski definition) is 3. The summed E-state index contributed by atoms with van der Waals surface area (Å²) in [7, 11) is 0. The quantitative estimate of drug-likeness (QED) is 0.849. The van der Waals surface area contributed by atoms with Crippen molar-refractivity contribution >= 4 is 0 Å². The number of pyridine rings is 1. The van der Waals surface area contributed by atoms with Crippen LogP contribution in [0.3, 0.4) is 0 Å². The summed E-state index contributed by atoms with van der Waals surface area (Å²) in [6, 6.07) is 13.7. The van der Waals surface area contributed by atoms with Crippen LogP contribution < -0.4 is 4.74 Å². The van der Waals surface area contributed by atoms with Crippen LogP contribution in [0.2, 0.25) is 0 Å². The van der Waals surface area contributed by atoms with Crippen molar-refractivity contribution in [2.75, 3.05) is 13.2 Å². The largest absolute Gasteiger partial charge is 0.490 e. The summed E-state index contributed by atoms with van der Waals surface area (Å²) in [5.41, 5.74) is 1.99. The highest BCUT2D eigenvalue weighted by molar-refractivity contribution is 5.58. The molecule has 1 N–H and O–H groups in total. The Labute approximate surface area is 94.3 Å². The molecule has 0 fully saturated rings. The van der Waals surface area contributed by atoms with E-state index < -0.39 is 0 Å². The van der Waals surface area contributed by atoms with Gasteiger partial charge in [-0.15, -0.1) is 0 Å². The van der Waals surface area contributed by atoms with E-state index in [0.717, 1.165) is 11.3 Å². The Bertz CT molecular complexity index is 425. The number of benzene rings is 1. The monoisotopic (exact) mass is 215 g/mol. The van der Waals surface area contributed by atoms with Crippen LogP contribution in [0, 0.1) is 0 Å². The first-order valence-corrected chi connectivity index (χ1v) is 5.15. The van der Waals surface area contributed by atoms with Crippen molar-refractivity contribution < 1.29 is 9.84 Å². The molecule has 16 heavy (non-hydrogen) atoms. The molecule has 2 aromatic rings. The van der Waals surface area contributed by atoms with Crippen molar-refractivity contribution in [1.29, 1.82) is 0 Å². The summed E-state index contributed by atoms with van der Waals surface area (Å²) < 4.78 is 5.23. The molecular formula is C13H13NO2. The summed E-state index contributed by atoms with van der Waals surface area (Å²) >= 11 is 0. The standard InChI is InChI=1S/C13H13NO2/c15-8-9-16-12-6-7-13(14-10-12)11-4-2-1-3-5-11/h1-7,10,15H,8-9H2. The average Bonchev–Trinajstić information content (AvgIpc) is 2.38. The summed E-state index contributed by atoms with van der Waals surface area (Å²) in [5.74, 6) is 0.675. The molecule has 2 rings (SSSR count). The van der Waals surface area contributed by atoms with Crippen molar-refractivity contribution in [1.82, 2.24) is 4.98 Å². The number of ether oxygens (including phenoxy) is 1. The molecule has 1 heterocycles. The third-order valence-corrected chi connectivity index (χ3v) is 2.17. The van der Waals surface area contributed by atoms with E-state index in [0.29, 0.717) is 12.4 Å². The SMILES string of the molecule is OCCOc1ccc(-c2ccccc2)nc1. The van der Waals surface area contributed by atoms with Gasteiger partial charge in [0.1, 0.15) is 12.4 Å². The third kappa shape index (κ3) is 2.58. The molecule has 0 aliphatic carbocycles. The predicted molar refractivity (Wildman–Crippen MR) is 62.3 cm³/mol. The predicted octanol–water partition coefficient (Wildman–Crippen LogP) is 2.12. The van der Waals surface area contributed by atoms with Crippen LogP contribution in [0.4, 0.5) is 0 Å². The minimum Gasteiger partial charge on any atom is -0.490 e. The van der Waals surface area contributed by atoms with Gasteiger partial charge in [0.25, 0.3) is 0 Å². The van der Waals surface area contributed by atoms with Crippen LogP contribution in [0.1, 0.15) is 0 Å². The molecule has 0 spiro atoms. The first-order chi connectivity index (χ1) is 7.90. The zero-order chi connectivity index (χ0) is 11.2. The molecule has 0 saturated heterocycles. The molecule has 0 aliphatic rings. The number of rotatable bonds is 4. The van der Waals surface area contributed by atoms with Crippen LogP contribution in [-0.4, -0.2) is 23.3 Å². The molecule has 1 aromatic carbocycles. The lowest BCUT2D eigenvalue weighted by molar-refractivity contribution is 0.201. The van der Waals surface area contributed by atoms with Gasteiger partial charge in [-0.2, -0.15) is 0 Å². The van der Waals surface area contributed by atoms with Crippen molar-refractivity contribution in [2.24, 2.45) is 0 Å². The summed E-state index contributed by atoms with van der Waals surface area (Å²) in [5, 5.41) is 8.61. The van der Waals surface area contributed by atoms with E-state index in [-0.39, 0.29) is 6.61 Å². The minimum atomic E-state index is 0.0143. The van der Waals surface area contributed by atoms with Crippen LogP contribution in [0.5, 0.6) is 5.75 Å². The van der Waals surface area contributed by atoms with E-state index in [1.807, 2.05) is 42.5 Å². The molecule has 0 saturated carbocycles. The molecule has 0 aliphatic heterocycles. The zero-order valence-electron chi connectivity index (χ0n) is 8.84. The second-order valence-electron chi connectivity index (χ2n) is 3.32. The Morgan fingerprint density at radius 1 is 1.06 bits per heavy atom. The maximum Gasteiger partial charge on any atom is 0.137 e. The second-order valence-corrected chi connectivity index (χ2v) is 3.32. The molecule has 0 unspecified atom stereocenters. The topological polar surface area (TPSA) is 42.4 Å². The van der Waals surface area contributed by atoms with Gasteiger partial charge in [0, 0.05) is 5.56 Å². The van der Waals surface area contributed by atoms with E-state index in [1.165, 1.54) is 0 Å². The first-order valence-electron chi connectivity index (χ1n) is 5.15. The molecule has 0 bridgehead atoms. The molecular weight excluding hydrogens is 202 g/mol. The molecule has 82 valence electrons. The summed E-state index contributed by atoms with van der Waals surface area (Å²) in [4.78, 5) is 4.30. The van der Waals surface area contributed by atoms with Crippen LogP contribution in [0.25, 0.3) is 11.3 Å². The van der Waals surface area contributed by atoms with Crippen molar-refractivity contribution in [2.45, 2.75) is 0 Å². The summed E-state index contributed by atoms with van der Waals surface area (Å²) in [6.07, 6.45) is 1.66.